The van der Waals surface area contributed by atoms with Gasteiger partial charge in [-0.25, -0.2) is 18.2 Å². The molecule has 2 amide bonds. The number of rotatable bonds is 10. The van der Waals surface area contributed by atoms with Gasteiger partial charge in [0.15, 0.2) is 11.6 Å². The molecule has 4 aromatic carbocycles. The second-order valence-electron chi connectivity index (χ2n) is 11.6. The van der Waals surface area contributed by atoms with Gasteiger partial charge in [0.25, 0.3) is 5.91 Å². The first-order valence-electron chi connectivity index (χ1n) is 15.7. The minimum atomic E-state index is -1.29. The van der Waals surface area contributed by atoms with E-state index in [0.717, 1.165) is 42.9 Å². The lowest BCUT2D eigenvalue weighted by molar-refractivity contribution is -0.128. The number of benzene rings is 4. The van der Waals surface area contributed by atoms with Crippen LogP contribution in [0.2, 0.25) is 0 Å². The molecular weight excluding hydrogens is 605 g/mol. The Morgan fingerprint density at radius 2 is 1.60 bits per heavy atom. The van der Waals surface area contributed by atoms with Crippen molar-refractivity contribution in [2.24, 2.45) is 4.99 Å². The number of aliphatic imine (C=N–C) groups is 1. The second kappa shape index (κ2) is 14.7. The summed E-state index contributed by atoms with van der Waals surface area (Å²) in [7, 11) is 0. The molecule has 1 fully saturated rings. The maximum Gasteiger partial charge on any atom is 0.272 e. The average Bonchev–Trinajstić information content (AvgIpc) is 3.21. The van der Waals surface area contributed by atoms with E-state index in [1.807, 2.05) is 54.6 Å². The van der Waals surface area contributed by atoms with Crippen LogP contribution in [0.25, 0.3) is 0 Å². The lowest BCUT2D eigenvalue weighted by Crippen LogP contribution is -2.49. The predicted molar refractivity (Wildman–Crippen MR) is 174 cm³/mol. The summed E-state index contributed by atoms with van der Waals surface area (Å²) in [6, 6.07) is 25.9. The highest BCUT2D eigenvalue weighted by Gasteiger charge is 2.34. The number of amides is 2. The number of hydrogen-bond acceptors (Lipinski definition) is 5. The van der Waals surface area contributed by atoms with E-state index in [9.17, 15) is 22.8 Å². The zero-order valence-electron chi connectivity index (χ0n) is 25.7. The summed E-state index contributed by atoms with van der Waals surface area (Å²) >= 11 is 0. The highest BCUT2D eigenvalue weighted by atomic mass is 19.2. The van der Waals surface area contributed by atoms with E-state index in [2.05, 4.69) is 10.2 Å². The monoisotopic (exact) mass is 640 g/mol. The molecule has 47 heavy (non-hydrogen) atoms. The van der Waals surface area contributed by atoms with E-state index in [4.69, 9.17) is 9.73 Å². The number of benzodiazepines with no additional fused rings is 1. The Bertz CT molecular complexity index is 1740. The molecule has 10 heteroatoms. The van der Waals surface area contributed by atoms with Crippen LogP contribution in [0.15, 0.2) is 102 Å². The molecule has 2 aliphatic rings. The van der Waals surface area contributed by atoms with Gasteiger partial charge in [0, 0.05) is 37.3 Å². The van der Waals surface area contributed by atoms with Crippen LogP contribution in [0.3, 0.4) is 0 Å². The highest BCUT2D eigenvalue weighted by Crippen LogP contribution is 2.30. The Morgan fingerprint density at radius 1 is 0.872 bits per heavy atom. The van der Waals surface area contributed by atoms with Crippen LogP contribution in [0.4, 0.5) is 18.9 Å². The smallest absolute Gasteiger partial charge is 0.272 e. The summed E-state index contributed by atoms with van der Waals surface area (Å²) in [6.45, 7) is 4.18. The van der Waals surface area contributed by atoms with Gasteiger partial charge in [-0.1, -0.05) is 66.7 Å². The van der Waals surface area contributed by atoms with Crippen LogP contribution in [-0.2, 0) is 20.7 Å². The Balaban J connectivity index is 1.34. The van der Waals surface area contributed by atoms with Crippen molar-refractivity contribution in [1.29, 1.82) is 0 Å². The first-order valence-corrected chi connectivity index (χ1v) is 15.7. The molecule has 0 aromatic heterocycles. The summed E-state index contributed by atoms with van der Waals surface area (Å²) in [4.78, 5) is 37.4. The molecule has 0 radical (unpaired) electrons. The SMILES string of the molecule is O=C(NC1N=C(c2ccccc2)c2ccccc2N(CCCN2CCOCC2)C1=O)[C@@H](Cc1ccc(F)c(F)c1)c1ccc(F)cc1. The zero-order chi connectivity index (χ0) is 32.8. The van der Waals surface area contributed by atoms with Gasteiger partial charge in [0.2, 0.25) is 12.1 Å². The van der Waals surface area contributed by atoms with Crippen molar-refractivity contribution < 1.29 is 27.5 Å². The fourth-order valence-corrected chi connectivity index (χ4v) is 6.05. The van der Waals surface area contributed by atoms with Crippen LogP contribution in [0, 0.1) is 17.5 Å². The Morgan fingerprint density at radius 3 is 2.34 bits per heavy atom. The number of hydrogen-bond donors (Lipinski definition) is 1. The maximum absolute atomic E-state index is 14.4. The summed E-state index contributed by atoms with van der Waals surface area (Å²) in [5.41, 5.74) is 3.59. The molecule has 0 aliphatic carbocycles. The lowest BCUT2D eigenvalue weighted by atomic mass is 9.91. The van der Waals surface area contributed by atoms with Crippen LogP contribution < -0.4 is 10.2 Å². The van der Waals surface area contributed by atoms with Crippen LogP contribution >= 0.6 is 0 Å². The molecule has 7 nitrogen and oxygen atoms in total. The van der Waals surface area contributed by atoms with Crippen molar-refractivity contribution in [2.45, 2.75) is 24.9 Å². The normalized spacial score (nSPS) is 17.4. The molecule has 0 spiro atoms. The van der Waals surface area contributed by atoms with Gasteiger partial charge >= 0.3 is 0 Å². The third-order valence-electron chi connectivity index (χ3n) is 8.51. The van der Waals surface area contributed by atoms with E-state index < -0.39 is 41.3 Å². The van der Waals surface area contributed by atoms with Crippen molar-refractivity contribution in [3.05, 3.63) is 137 Å². The largest absolute Gasteiger partial charge is 0.379 e. The molecule has 0 bridgehead atoms. The minimum Gasteiger partial charge on any atom is -0.379 e. The molecule has 242 valence electrons. The number of anilines is 1. The van der Waals surface area contributed by atoms with Gasteiger partial charge in [0.05, 0.1) is 30.5 Å². The first kappa shape index (κ1) is 32.2. The topological polar surface area (TPSA) is 74.2 Å². The summed E-state index contributed by atoms with van der Waals surface area (Å²) in [5, 5.41) is 2.87. The molecule has 1 unspecified atom stereocenters. The van der Waals surface area contributed by atoms with Crippen LogP contribution in [-0.4, -0.2) is 68.0 Å². The van der Waals surface area contributed by atoms with Crippen molar-refractivity contribution in [3.8, 4) is 0 Å². The summed E-state index contributed by atoms with van der Waals surface area (Å²) in [6.07, 6.45) is -0.620. The lowest BCUT2D eigenvalue weighted by Gasteiger charge is -2.29. The van der Waals surface area contributed by atoms with Gasteiger partial charge in [-0.15, -0.1) is 0 Å². The summed E-state index contributed by atoms with van der Waals surface area (Å²) < 4.78 is 47.2. The number of nitrogens with zero attached hydrogens (tertiary/aromatic N) is 3. The standard InChI is InChI=1S/C37H35F3N4O3/c38-28-14-12-26(13-15-28)30(23-25-11-16-31(39)32(40)24-25)36(45)42-35-37(46)44(18-6-17-43-19-21-47-22-20-43)33-10-5-4-9-29(33)34(41-35)27-7-2-1-3-8-27/h1-5,7-16,24,30,35H,6,17-23H2,(H,42,45)/t30-,35?/m0/s1. The van der Waals surface area contributed by atoms with Crippen molar-refractivity contribution in [1.82, 2.24) is 10.2 Å². The Kier molecular flexibility index (Phi) is 10.1. The van der Waals surface area contributed by atoms with Crippen molar-refractivity contribution in [2.75, 3.05) is 44.3 Å². The second-order valence-corrected chi connectivity index (χ2v) is 11.6. The minimum absolute atomic E-state index is 0.0195. The van der Waals surface area contributed by atoms with Gasteiger partial charge < -0.3 is 15.0 Å². The third kappa shape index (κ3) is 7.61. The summed E-state index contributed by atoms with van der Waals surface area (Å²) in [5.74, 6) is -4.44. The molecule has 2 heterocycles. The van der Waals surface area contributed by atoms with Gasteiger partial charge in [-0.3, -0.25) is 14.5 Å². The molecular formula is C37H35F3N4O3. The fraction of sp³-hybridized carbons (Fsp3) is 0.270. The number of ether oxygens (including phenoxy) is 1. The number of nitrogens with one attached hydrogen (secondary N) is 1. The average molecular weight is 641 g/mol. The molecule has 2 atom stereocenters. The van der Waals surface area contributed by atoms with Gasteiger partial charge in [0.1, 0.15) is 5.82 Å². The van der Waals surface area contributed by atoms with Crippen LogP contribution in [0.1, 0.15) is 34.6 Å². The number of halogens is 3. The Labute approximate surface area is 271 Å². The number of fused-ring (bicyclic) bond motifs is 1. The zero-order valence-corrected chi connectivity index (χ0v) is 25.7. The van der Waals surface area contributed by atoms with Crippen molar-refractivity contribution in [3.63, 3.8) is 0 Å². The molecule has 1 saturated heterocycles. The van der Waals surface area contributed by atoms with E-state index in [1.165, 1.54) is 30.3 Å². The quantitative estimate of drug-likeness (QED) is 0.249. The van der Waals surface area contributed by atoms with Crippen molar-refractivity contribution >= 4 is 23.2 Å². The van der Waals surface area contributed by atoms with E-state index in [1.54, 1.807) is 4.90 Å². The highest BCUT2D eigenvalue weighted by molar-refractivity contribution is 6.20. The van der Waals surface area contributed by atoms with Crippen LogP contribution in [0.5, 0.6) is 0 Å². The van der Waals surface area contributed by atoms with Gasteiger partial charge in [-0.2, -0.15) is 0 Å². The fourth-order valence-electron chi connectivity index (χ4n) is 6.05. The third-order valence-corrected chi connectivity index (χ3v) is 8.51. The molecule has 1 N–H and O–H groups in total. The Hall–Kier alpha value is -4.80. The van der Waals surface area contributed by atoms with Gasteiger partial charge in [-0.05, 0) is 54.3 Å². The number of para-hydroxylation sites is 1. The molecule has 4 aromatic rings. The van der Waals surface area contributed by atoms with E-state index >= 15 is 0 Å². The number of carbonyl (C=O) groups excluding carboxylic acids is 2. The number of morpholine rings is 1. The predicted octanol–water partition coefficient (Wildman–Crippen LogP) is 5.48. The van der Waals surface area contributed by atoms with E-state index in [-0.39, 0.29) is 6.42 Å². The molecule has 2 aliphatic heterocycles. The molecule has 6 rings (SSSR count). The first-order chi connectivity index (χ1) is 22.9. The molecule has 0 saturated carbocycles. The van der Waals surface area contributed by atoms with E-state index in [0.29, 0.717) is 48.7 Å². The number of carbonyl (C=O) groups is 2. The maximum atomic E-state index is 14.4.